The quantitative estimate of drug-likeness (QED) is 0.152. The van der Waals surface area contributed by atoms with Crippen molar-refractivity contribution >= 4 is 120 Å². The normalized spacial score (nSPS) is 13.3. The molecule has 25 heteroatoms. The molecule has 3 aromatic carbocycles. The van der Waals surface area contributed by atoms with E-state index in [-0.39, 0.29) is 0 Å². The molecule has 5 aliphatic heterocycles. The molecule has 0 atom stereocenters. The smallest absolute Gasteiger partial charge is 0.340 e. The van der Waals surface area contributed by atoms with Crippen molar-refractivity contribution in [3.8, 4) is 74.0 Å². The van der Waals surface area contributed by atoms with Crippen LogP contribution in [0.4, 0.5) is 0 Å². The second-order valence-corrected chi connectivity index (χ2v) is 31.1. The van der Waals surface area contributed by atoms with E-state index in [0.717, 1.165) is 122 Å². The Morgan fingerprint density at radius 3 is 1.19 bits per heavy atom. The Morgan fingerprint density at radius 1 is 0.314 bits per heavy atom. The van der Waals surface area contributed by atoms with Crippen molar-refractivity contribution in [2.75, 3.05) is 0 Å². The highest BCUT2D eigenvalue weighted by atomic mass is 32.1. The summed E-state index contributed by atoms with van der Waals surface area (Å²) in [5, 5.41) is 5.44. The van der Waals surface area contributed by atoms with Crippen LogP contribution in [0.25, 0.3) is 183 Å². The van der Waals surface area contributed by atoms with Gasteiger partial charge >= 0.3 is 5.71 Å². The number of imidazole rings is 5. The standard InChI is InChI=1S/C21H16N5.C20H13N4O.C20H13N4S.2C16H14N5/c1-24-19-16-12-22-11-9-18(16)26(14-6-3-2-4-7-14)21(19)25-13-17-15(20(24)25)8-5-10-23-17;2*1-2-5-13(6-3-1)24-18-15-11-21-10-8-17(15)25-20(18)23-12-16-14(19(23)24)7-4-9-22-16;2*1-19-13-5-7-17-8-11(13)14-16(19)21-9-12-10(4-3-6-18-12)15(21)20(14)2/h2-12H,13H2,1H3;2*1-11H,12H2;2*3-8H,9H2,1-2H3/q5*+1/i;;;1D3;. The molecule has 0 spiro atoms. The van der Waals surface area contributed by atoms with E-state index in [1.165, 1.54) is 109 Å². The molecule has 28 rings (SSSR count). The molecule has 0 amide bonds. The molecule has 25 heterocycles. The second kappa shape index (κ2) is 25.8. The van der Waals surface area contributed by atoms with Gasteiger partial charge in [-0.3, -0.25) is 72.7 Å². The minimum atomic E-state index is -2.27. The van der Waals surface area contributed by atoms with Crippen LogP contribution in [-0.4, -0.2) is 86.4 Å². The van der Waals surface area contributed by atoms with Crippen LogP contribution in [-0.2, 0) is 67.9 Å². The molecule has 0 bridgehead atoms. The number of para-hydroxylation sites is 3. The number of nitrogens with zero attached hydrogens (tertiary/aromatic N) is 23. The number of aryl methyl sites for hydroxylation is 5. The topological polar surface area (TPSA) is 201 Å². The number of fused-ring (bicyclic) bond motifs is 35. The van der Waals surface area contributed by atoms with Gasteiger partial charge in [-0.15, -0.1) is 0 Å². The maximum atomic E-state index is 8.02. The number of aromatic nitrogens is 23. The molecule has 23 aromatic rings. The van der Waals surface area contributed by atoms with Gasteiger partial charge in [-0.25, -0.2) is 22.8 Å². The lowest BCUT2D eigenvalue weighted by Gasteiger charge is -2.03. The Balaban J connectivity index is 0.0000000858. The maximum Gasteiger partial charge on any atom is 0.340 e. The number of hydrogen-bond donors (Lipinski definition) is 0. The summed E-state index contributed by atoms with van der Waals surface area (Å²) in [6, 6.07) is 61.9. The summed E-state index contributed by atoms with van der Waals surface area (Å²) in [5.74, 6) is 5.72. The van der Waals surface area contributed by atoms with E-state index in [2.05, 4.69) is 249 Å². The summed E-state index contributed by atoms with van der Waals surface area (Å²) >= 11 is 1.83. The zero-order chi connectivity index (χ0) is 80.8. The minimum Gasteiger partial charge on any atom is -0.419 e. The molecule has 0 fully saturated rings. The van der Waals surface area contributed by atoms with Crippen molar-refractivity contribution in [1.82, 2.24) is 86.4 Å². The molecule has 0 N–H and O–H groups in total. The van der Waals surface area contributed by atoms with Crippen molar-refractivity contribution in [3.05, 3.63) is 303 Å². The minimum absolute atomic E-state index is 0.572. The van der Waals surface area contributed by atoms with Crippen molar-refractivity contribution in [2.45, 2.75) is 32.7 Å². The van der Waals surface area contributed by atoms with Crippen molar-refractivity contribution in [3.63, 3.8) is 0 Å². The molecule has 24 nitrogen and oxygen atoms in total. The fraction of sp³-hybridized carbons (Fsp3) is 0.108. The first-order valence-corrected chi connectivity index (χ1v) is 39.8. The first kappa shape index (κ1) is 64.1. The second-order valence-electron chi connectivity index (χ2n) is 30.1. The molecular formula is C93H70N23OS+5. The Kier molecular flexibility index (Phi) is 14.0. The predicted molar refractivity (Wildman–Crippen MR) is 452 cm³/mol. The lowest BCUT2D eigenvalue weighted by molar-refractivity contribution is -0.652. The number of thiophene rings is 1. The van der Waals surface area contributed by atoms with Crippen LogP contribution in [0.1, 0.15) is 32.6 Å². The number of benzene rings is 3. The van der Waals surface area contributed by atoms with Crippen molar-refractivity contribution in [1.29, 1.82) is 0 Å². The number of pyridine rings is 10. The monoisotopic (exact) mass is 1560 g/mol. The van der Waals surface area contributed by atoms with Gasteiger partial charge in [0.05, 0.1) is 122 Å². The predicted octanol–water partition coefficient (Wildman–Crippen LogP) is 14.2. The zero-order valence-electron chi connectivity index (χ0n) is 67.1. The summed E-state index contributed by atoms with van der Waals surface area (Å²) in [4.78, 5) is 45.5. The number of hydrogen-bond acceptors (Lipinski definition) is 12. The first-order valence-electron chi connectivity index (χ1n) is 40.5. The Hall–Kier alpha value is -15.4. The zero-order valence-corrected chi connectivity index (χ0v) is 64.9. The van der Waals surface area contributed by atoms with E-state index >= 15 is 0 Å². The molecular weight excluding hydrogens is 1490 g/mol. The fourth-order valence-electron chi connectivity index (χ4n) is 19.0. The highest BCUT2D eigenvalue weighted by Crippen LogP contribution is 2.44. The fourth-order valence-corrected chi connectivity index (χ4v) is 20.2. The molecule has 0 radical (unpaired) electrons. The van der Waals surface area contributed by atoms with Crippen molar-refractivity contribution in [2.24, 2.45) is 35.2 Å². The van der Waals surface area contributed by atoms with Gasteiger partial charge in [-0.2, -0.15) is 13.7 Å². The molecule has 564 valence electrons. The van der Waals surface area contributed by atoms with E-state index in [1.54, 1.807) is 30.9 Å². The van der Waals surface area contributed by atoms with Crippen molar-refractivity contribution < 1.29 is 31.4 Å². The van der Waals surface area contributed by atoms with Crippen LogP contribution >= 0.6 is 11.3 Å². The van der Waals surface area contributed by atoms with E-state index in [0.29, 0.717) is 17.7 Å². The van der Waals surface area contributed by atoms with Crippen LogP contribution in [0, 0.1) is 0 Å². The van der Waals surface area contributed by atoms with Gasteiger partial charge in [0.25, 0.3) is 28.6 Å². The lowest BCUT2D eigenvalue weighted by Crippen LogP contribution is -2.33. The van der Waals surface area contributed by atoms with Gasteiger partial charge in [0.2, 0.25) is 33.3 Å². The summed E-state index contributed by atoms with van der Waals surface area (Å²) in [7, 11) is 8.35. The SMILES string of the molecule is Cn1c2[n+](c3c1c1cnccc1n3-c1ccccc1)Cc1ncccc1-2.Cn1c2[n+](c3c1c1cnccc1n3C)Cc1ncccc1-2.[2H]C([2H])([2H])n1c2ccncc2c2c1[n+]1c(n2C)-c2cccnc2C1.c1ccc(-n2c3[n+](c4oc5ccncc5c42)Cc2ncccc2-3)cc1.c1ccc(-n2c3[n+](c4sc5ccncc5c42)Cc2ncccc2-3)cc1. The maximum absolute atomic E-state index is 8.02. The summed E-state index contributed by atoms with van der Waals surface area (Å²) in [5.41, 5.74) is 28.2. The van der Waals surface area contributed by atoms with Crippen LogP contribution in [0.15, 0.2) is 279 Å². The van der Waals surface area contributed by atoms with E-state index in [4.69, 9.17) is 8.53 Å². The molecule has 0 saturated carbocycles. The van der Waals surface area contributed by atoms with E-state index < -0.39 is 6.98 Å². The van der Waals surface area contributed by atoms with E-state index in [1.807, 2.05) is 140 Å². The first-order chi connectivity index (χ1) is 59.4. The third-order valence-corrected chi connectivity index (χ3v) is 25.1. The molecule has 20 aromatic heterocycles. The third kappa shape index (κ3) is 9.60. The van der Waals surface area contributed by atoms with Gasteiger partial charge in [0.1, 0.15) is 71.9 Å². The van der Waals surface area contributed by atoms with Gasteiger partial charge in [-0.05, 0) is 121 Å². The van der Waals surface area contributed by atoms with Crippen LogP contribution in [0.3, 0.4) is 0 Å². The van der Waals surface area contributed by atoms with E-state index in [9.17, 15) is 0 Å². The average molecular weight is 1560 g/mol. The summed E-state index contributed by atoms with van der Waals surface area (Å²) < 4.78 is 60.2. The van der Waals surface area contributed by atoms with Gasteiger partial charge in [-0.1, -0.05) is 65.9 Å². The molecule has 118 heavy (non-hydrogen) atoms. The van der Waals surface area contributed by atoms with Gasteiger partial charge < -0.3 is 4.42 Å². The van der Waals surface area contributed by atoms with Crippen LogP contribution in [0.5, 0.6) is 0 Å². The molecule has 0 saturated heterocycles. The summed E-state index contributed by atoms with van der Waals surface area (Å²) in [6.07, 6.45) is 27.7. The number of rotatable bonds is 3. The number of furan rings is 1. The Morgan fingerprint density at radius 2 is 0.686 bits per heavy atom. The average Bonchev–Trinajstić information content (AvgIpc) is 1.55. The third-order valence-electron chi connectivity index (χ3n) is 23.9. The van der Waals surface area contributed by atoms with Crippen LogP contribution < -0.4 is 22.8 Å². The molecule has 0 unspecified atom stereocenters. The summed E-state index contributed by atoms with van der Waals surface area (Å²) in [6.45, 7) is 1.46. The Labute approximate surface area is 679 Å². The van der Waals surface area contributed by atoms with Gasteiger partial charge in [0, 0.05) is 104 Å². The molecule has 5 aliphatic rings. The largest absolute Gasteiger partial charge is 0.419 e. The Bertz CT molecular complexity index is 8060. The molecule has 0 aliphatic carbocycles. The highest BCUT2D eigenvalue weighted by molar-refractivity contribution is 7.25. The lowest BCUT2D eigenvalue weighted by atomic mass is 10.2. The highest BCUT2D eigenvalue weighted by Gasteiger charge is 2.43. The van der Waals surface area contributed by atoms with Gasteiger partial charge in [0.15, 0.2) is 16.6 Å². The van der Waals surface area contributed by atoms with Crippen LogP contribution in [0.2, 0.25) is 0 Å².